The van der Waals surface area contributed by atoms with E-state index in [2.05, 4.69) is 5.32 Å². The van der Waals surface area contributed by atoms with Crippen LogP contribution in [0.2, 0.25) is 0 Å². The molecule has 3 nitrogen and oxygen atoms in total. The Kier molecular flexibility index (Phi) is 6.38. The molecule has 0 aromatic rings. The minimum absolute atomic E-state index is 0.0297. The maximum atomic E-state index is 12.5. The molecule has 1 rings (SSSR count). The standard InChI is InChI=1S/C12H23F3N2O/c1-3-6-16-10(8-18-2)7-17(11-4-5-11)9-12(13,14)15/h10-11,16H,3-9H2,1-2H3. The molecule has 1 fully saturated rings. The normalized spacial score (nSPS) is 18.3. The highest BCUT2D eigenvalue weighted by molar-refractivity contribution is 4.88. The van der Waals surface area contributed by atoms with E-state index in [0.717, 1.165) is 25.8 Å². The second-order valence-electron chi connectivity index (χ2n) is 4.88. The number of methoxy groups -OCH3 is 1. The highest BCUT2D eigenvalue weighted by atomic mass is 19.4. The Balaban J connectivity index is 2.45. The minimum Gasteiger partial charge on any atom is -0.383 e. The minimum atomic E-state index is -4.12. The van der Waals surface area contributed by atoms with Crippen LogP contribution in [0.4, 0.5) is 13.2 Å². The molecule has 0 radical (unpaired) electrons. The van der Waals surface area contributed by atoms with Gasteiger partial charge in [0.25, 0.3) is 0 Å². The van der Waals surface area contributed by atoms with Gasteiger partial charge in [-0.05, 0) is 25.8 Å². The van der Waals surface area contributed by atoms with E-state index in [9.17, 15) is 13.2 Å². The van der Waals surface area contributed by atoms with Crippen molar-refractivity contribution in [1.82, 2.24) is 10.2 Å². The van der Waals surface area contributed by atoms with Crippen molar-refractivity contribution in [3.63, 3.8) is 0 Å². The van der Waals surface area contributed by atoms with Gasteiger partial charge in [-0.25, -0.2) is 0 Å². The molecule has 0 aromatic heterocycles. The molecular formula is C12H23F3N2O. The van der Waals surface area contributed by atoms with Crippen LogP contribution in [0.1, 0.15) is 26.2 Å². The van der Waals surface area contributed by atoms with Gasteiger partial charge in [-0.15, -0.1) is 0 Å². The third kappa shape index (κ3) is 6.56. The maximum Gasteiger partial charge on any atom is 0.401 e. The van der Waals surface area contributed by atoms with Crippen molar-refractivity contribution >= 4 is 0 Å². The number of hydrogen-bond acceptors (Lipinski definition) is 3. The third-order valence-electron chi connectivity index (χ3n) is 2.95. The van der Waals surface area contributed by atoms with Crippen LogP contribution >= 0.6 is 0 Å². The first-order valence-corrected chi connectivity index (χ1v) is 6.49. The van der Waals surface area contributed by atoms with E-state index in [1.165, 1.54) is 4.90 Å². The lowest BCUT2D eigenvalue weighted by Gasteiger charge is -2.28. The van der Waals surface area contributed by atoms with Crippen molar-refractivity contribution in [3.05, 3.63) is 0 Å². The molecule has 0 spiro atoms. The number of nitrogens with one attached hydrogen (secondary N) is 1. The van der Waals surface area contributed by atoms with Crippen LogP contribution in [0.15, 0.2) is 0 Å². The van der Waals surface area contributed by atoms with E-state index in [0.29, 0.717) is 13.2 Å². The molecule has 18 heavy (non-hydrogen) atoms. The SMILES string of the molecule is CCCNC(COC)CN(CC(F)(F)F)C1CC1. The second kappa shape index (κ2) is 7.31. The van der Waals surface area contributed by atoms with Crippen molar-refractivity contribution < 1.29 is 17.9 Å². The lowest BCUT2D eigenvalue weighted by atomic mass is 10.2. The Morgan fingerprint density at radius 3 is 2.50 bits per heavy atom. The topological polar surface area (TPSA) is 24.5 Å². The van der Waals surface area contributed by atoms with Gasteiger partial charge in [-0.2, -0.15) is 13.2 Å². The van der Waals surface area contributed by atoms with Gasteiger partial charge in [0.1, 0.15) is 0 Å². The number of nitrogens with zero attached hydrogens (tertiary/aromatic N) is 1. The van der Waals surface area contributed by atoms with Crippen molar-refractivity contribution in [2.24, 2.45) is 0 Å². The summed E-state index contributed by atoms with van der Waals surface area (Å²) in [6.07, 6.45) is -1.40. The zero-order valence-corrected chi connectivity index (χ0v) is 11.1. The highest BCUT2D eigenvalue weighted by Crippen LogP contribution is 2.30. The van der Waals surface area contributed by atoms with Gasteiger partial charge >= 0.3 is 6.18 Å². The van der Waals surface area contributed by atoms with Crippen LogP contribution in [0.3, 0.4) is 0 Å². The molecule has 0 heterocycles. The van der Waals surface area contributed by atoms with Gasteiger partial charge in [0, 0.05) is 25.7 Å². The average molecular weight is 268 g/mol. The molecule has 1 saturated carbocycles. The van der Waals surface area contributed by atoms with Crippen LogP contribution < -0.4 is 5.32 Å². The fraction of sp³-hybridized carbons (Fsp3) is 1.00. The summed E-state index contributed by atoms with van der Waals surface area (Å²) in [5.41, 5.74) is 0. The average Bonchev–Trinajstić information content (AvgIpc) is 3.07. The Morgan fingerprint density at radius 1 is 1.39 bits per heavy atom. The van der Waals surface area contributed by atoms with Gasteiger partial charge in [0.05, 0.1) is 13.2 Å². The molecule has 1 aliphatic rings. The number of halogens is 3. The zero-order valence-electron chi connectivity index (χ0n) is 11.1. The Hall–Kier alpha value is -0.330. The van der Waals surface area contributed by atoms with Crippen molar-refractivity contribution in [1.29, 1.82) is 0 Å². The van der Waals surface area contributed by atoms with E-state index in [1.807, 2.05) is 6.92 Å². The molecule has 0 aliphatic heterocycles. The summed E-state index contributed by atoms with van der Waals surface area (Å²) in [5.74, 6) is 0. The fourth-order valence-electron chi connectivity index (χ4n) is 2.02. The number of ether oxygens (including phenoxy) is 1. The summed E-state index contributed by atoms with van der Waals surface area (Å²) < 4.78 is 42.5. The highest BCUT2D eigenvalue weighted by Gasteiger charge is 2.38. The summed E-state index contributed by atoms with van der Waals surface area (Å²) in [6.45, 7) is 2.87. The summed E-state index contributed by atoms with van der Waals surface area (Å²) in [6, 6.07) is 0.0762. The van der Waals surface area contributed by atoms with Gasteiger partial charge in [-0.1, -0.05) is 6.92 Å². The number of rotatable bonds is 9. The first-order chi connectivity index (χ1) is 8.46. The summed E-state index contributed by atoms with van der Waals surface area (Å²) >= 11 is 0. The van der Waals surface area contributed by atoms with E-state index >= 15 is 0 Å². The molecule has 6 heteroatoms. The van der Waals surface area contributed by atoms with Crippen LogP contribution in [0.25, 0.3) is 0 Å². The molecular weight excluding hydrogens is 245 g/mol. The van der Waals surface area contributed by atoms with Crippen molar-refractivity contribution in [3.8, 4) is 0 Å². The Morgan fingerprint density at radius 2 is 2.06 bits per heavy atom. The van der Waals surface area contributed by atoms with Gasteiger partial charge < -0.3 is 10.1 Å². The van der Waals surface area contributed by atoms with E-state index < -0.39 is 12.7 Å². The van der Waals surface area contributed by atoms with Crippen LogP contribution in [0, 0.1) is 0 Å². The van der Waals surface area contributed by atoms with Gasteiger partial charge in [-0.3, -0.25) is 4.90 Å². The predicted octanol–water partition coefficient (Wildman–Crippen LogP) is 2.03. The predicted molar refractivity (Wildman–Crippen MR) is 64.6 cm³/mol. The lowest BCUT2D eigenvalue weighted by Crippen LogP contribution is -2.47. The lowest BCUT2D eigenvalue weighted by molar-refractivity contribution is -0.148. The summed E-state index contributed by atoms with van der Waals surface area (Å²) in [4.78, 5) is 1.53. The molecule has 108 valence electrons. The molecule has 1 aliphatic carbocycles. The third-order valence-corrected chi connectivity index (χ3v) is 2.95. The number of alkyl halides is 3. The fourth-order valence-corrected chi connectivity index (χ4v) is 2.02. The smallest absolute Gasteiger partial charge is 0.383 e. The van der Waals surface area contributed by atoms with E-state index in [-0.39, 0.29) is 12.1 Å². The van der Waals surface area contributed by atoms with Crippen LogP contribution in [-0.2, 0) is 4.74 Å². The Bertz CT molecular complexity index is 232. The van der Waals surface area contributed by atoms with E-state index in [4.69, 9.17) is 4.74 Å². The van der Waals surface area contributed by atoms with Crippen molar-refractivity contribution in [2.75, 3.05) is 33.4 Å². The van der Waals surface area contributed by atoms with Gasteiger partial charge in [0.2, 0.25) is 0 Å². The quantitative estimate of drug-likeness (QED) is 0.692. The molecule has 1 N–H and O–H groups in total. The molecule has 0 amide bonds. The monoisotopic (exact) mass is 268 g/mol. The molecule has 1 unspecified atom stereocenters. The first-order valence-electron chi connectivity index (χ1n) is 6.49. The van der Waals surface area contributed by atoms with Crippen LogP contribution in [0.5, 0.6) is 0 Å². The second-order valence-corrected chi connectivity index (χ2v) is 4.88. The van der Waals surface area contributed by atoms with Gasteiger partial charge in [0.15, 0.2) is 0 Å². The molecule has 0 bridgehead atoms. The Labute approximate surface area is 107 Å². The molecule has 0 saturated heterocycles. The number of hydrogen-bond donors (Lipinski definition) is 1. The zero-order chi connectivity index (χ0) is 13.6. The van der Waals surface area contributed by atoms with E-state index in [1.54, 1.807) is 7.11 Å². The molecule has 0 aromatic carbocycles. The summed E-state index contributed by atoms with van der Waals surface area (Å²) in [7, 11) is 1.58. The molecule has 1 atom stereocenters. The summed E-state index contributed by atoms with van der Waals surface area (Å²) in [5, 5.41) is 3.24. The largest absolute Gasteiger partial charge is 0.401 e. The maximum absolute atomic E-state index is 12.5. The first kappa shape index (κ1) is 15.7. The van der Waals surface area contributed by atoms with Crippen molar-refractivity contribution in [2.45, 2.75) is 44.4 Å². The van der Waals surface area contributed by atoms with Crippen LogP contribution in [-0.4, -0.2) is 56.5 Å².